The molecular formula is C13H22N4O2. The highest BCUT2D eigenvalue weighted by Crippen LogP contribution is 2.10. The van der Waals surface area contributed by atoms with Gasteiger partial charge in [0.1, 0.15) is 5.69 Å². The average molecular weight is 266 g/mol. The molecule has 0 aliphatic rings. The Balaban J connectivity index is 2.68. The number of aromatic nitrogens is 1. The van der Waals surface area contributed by atoms with Gasteiger partial charge in [0.05, 0.1) is 12.2 Å². The Labute approximate surface area is 113 Å². The number of hydrogen-bond acceptors (Lipinski definition) is 3. The minimum absolute atomic E-state index is 0.0151. The summed E-state index contributed by atoms with van der Waals surface area (Å²) in [7, 11) is 3.33. The van der Waals surface area contributed by atoms with Crippen LogP contribution in [0.4, 0.5) is 5.69 Å². The van der Waals surface area contributed by atoms with Crippen LogP contribution in [0.2, 0.25) is 0 Å². The molecular weight excluding hydrogens is 244 g/mol. The molecule has 0 fully saturated rings. The van der Waals surface area contributed by atoms with E-state index in [1.807, 2.05) is 20.8 Å². The van der Waals surface area contributed by atoms with Gasteiger partial charge < -0.3 is 20.5 Å². The second kappa shape index (κ2) is 5.34. The van der Waals surface area contributed by atoms with Gasteiger partial charge in [-0.1, -0.05) is 0 Å². The quantitative estimate of drug-likeness (QED) is 0.840. The van der Waals surface area contributed by atoms with Crippen molar-refractivity contribution in [2.75, 3.05) is 19.3 Å². The van der Waals surface area contributed by atoms with Crippen molar-refractivity contribution >= 4 is 17.5 Å². The van der Waals surface area contributed by atoms with Crippen LogP contribution in [-0.2, 0) is 11.8 Å². The van der Waals surface area contributed by atoms with Crippen LogP contribution in [0.15, 0.2) is 12.3 Å². The summed E-state index contributed by atoms with van der Waals surface area (Å²) in [4.78, 5) is 25.3. The van der Waals surface area contributed by atoms with Gasteiger partial charge in [0.2, 0.25) is 5.91 Å². The van der Waals surface area contributed by atoms with E-state index in [1.165, 1.54) is 4.90 Å². The van der Waals surface area contributed by atoms with Crippen LogP contribution in [0, 0.1) is 0 Å². The molecule has 0 saturated carbocycles. The molecule has 1 aromatic rings. The Morgan fingerprint density at radius 2 is 2.00 bits per heavy atom. The minimum atomic E-state index is -0.309. The van der Waals surface area contributed by atoms with Gasteiger partial charge in [-0.2, -0.15) is 0 Å². The zero-order valence-corrected chi connectivity index (χ0v) is 12.2. The van der Waals surface area contributed by atoms with Gasteiger partial charge in [0.25, 0.3) is 5.91 Å². The Morgan fingerprint density at radius 1 is 1.42 bits per heavy atom. The van der Waals surface area contributed by atoms with E-state index in [1.54, 1.807) is 30.9 Å². The maximum Gasteiger partial charge on any atom is 0.270 e. The normalized spacial score (nSPS) is 11.2. The number of aryl methyl sites for hydroxylation is 1. The standard InChI is InChI=1S/C13H22N4O2/c1-13(2,3)15-11(18)8-17(5)12(19)10-6-9(14)7-16(10)4/h6-7H,8,14H2,1-5H3,(H,15,18). The number of carbonyl (C=O) groups is 2. The van der Waals surface area contributed by atoms with Crippen molar-refractivity contribution in [3.8, 4) is 0 Å². The Bertz CT molecular complexity index is 485. The summed E-state index contributed by atoms with van der Waals surface area (Å²) in [5.41, 5.74) is 6.31. The number of anilines is 1. The third kappa shape index (κ3) is 4.31. The van der Waals surface area contributed by atoms with E-state index >= 15 is 0 Å². The molecule has 0 atom stereocenters. The summed E-state index contributed by atoms with van der Waals surface area (Å²) in [5.74, 6) is -0.422. The molecule has 0 saturated heterocycles. The zero-order valence-electron chi connectivity index (χ0n) is 12.2. The lowest BCUT2D eigenvalue weighted by Gasteiger charge is -2.23. The average Bonchev–Trinajstić information content (AvgIpc) is 2.53. The van der Waals surface area contributed by atoms with Gasteiger partial charge in [-0.15, -0.1) is 0 Å². The highest BCUT2D eigenvalue weighted by molar-refractivity contribution is 5.96. The number of rotatable bonds is 3. The van der Waals surface area contributed by atoms with Crippen molar-refractivity contribution in [2.45, 2.75) is 26.3 Å². The van der Waals surface area contributed by atoms with Crippen molar-refractivity contribution in [1.82, 2.24) is 14.8 Å². The summed E-state index contributed by atoms with van der Waals surface area (Å²) in [6.07, 6.45) is 1.66. The molecule has 0 aromatic carbocycles. The number of nitrogens with two attached hydrogens (primary N) is 1. The maximum atomic E-state index is 12.1. The van der Waals surface area contributed by atoms with E-state index in [2.05, 4.69) is 5.32 Å². The number of nitrogens with zero attached hydrogens (tertiary/aromatic N) is 2. The monoisotopic (exact) mass is 266 g/mol. The highest BCUT2D eigenvalue weighted by atomic mass is 16.2. The molecule has 2 amide bonds. The lowest BCUT2D eigenvalue weighted by molar-refractivity contribution is -0.122. The van der Waals surface area contributed by atoms with E-state index in [0.717, 1.165) is 0 Å². The van der Waals surface area contributed by atoms with Crippen molar-refractivity contribution < 1.29 is 9.59 Å². The molecule has 106 valence electrons. The zero-order chi connectivity index (χ0) is 14.8. The number of amides is 2. The van der Waals surface area contributed by atoms with Crippen LogP contribution in [0.25, 0.3) is 0 Å². The fourth-order valence-electron chi connectivity index (χ4n) is 1.74. The molecule has 0 radical (unpaired) electrons. The SMILES string of the molecule is CN(CC(=O)NC(C)(C)C)C(=O)c1cc(N)cn1C. The van der Waals surface area contributed by atoms with E-state index in [9.17, 15) is 9.59 Å². The first-order valence-corrected chi connectivity index (χ1v) is 6.08. The number of likely N-dealkylation sites (N-methyl/N-ethyl adjacent to an activating group) is 1. The highest BCUT2D eigenvalue weighted by Gasteiger charge is 2.20. The summed E-state index contributed by atoms with van der Waals surface area (Å²) >= 11 is 0. The van der Waals surface area contributed by atoms with Crippen LogP contribution < -0.4 is 11.1 Å². The number of nitrogens with one attached hydrogen (secondary N) is 1. The molecule has 6 nitrogen and oxygen atoms in total. The molecule has 0 spiro atoms. The number of hydrogen-bond donors (Lipinski definition) is 2. The van der Waals surface area contributed by atoms with Crippen LogP contribution >= 0.6 is 0 Å². The molecule has 0 bridgehead atoms. The smallest absolute Gasteiger partial charge is 0.270 e. The minimum Gasteiger partial charge on any atom is -0.397 e. The lowest BCUT2D eigenvalue weighted by Crippen LogP contribution is -2.46. The Morgan fingerprint density at radius 3 is 2.42 bits per heavy atom. The van der Waals surface area contributed by atoms with Crippen molar-refractivity contribution in [3.63, 3.8) is 0 Å². The van der Waals surface area contributed by atoms with Crippen molar-refractivity contribution in [1.29, 1.82) is 0 Å². The van der Waals surface area contributed by atoms with Gasteiger partial charge in [-0.3, -0.25) is 9.59 Å². The van der Waals surface area contributed by atoms with Gasteiger partial charge >= 0.3 is 0 Å². The molecule has 1 heterocycles. The molecule has 6 heteroatoms. The van der Waals surface area contributed by atoms with Crippen LogP contribution in [0.1, 0.15) is 31.3 Å². The van der Waals surface area contributed by atoms with Crippen molar-refractivity contribution in [3.05, 3.63) is 18.0 Å². The third-order valence-electron chi connectivity index (χ3n) is 2.49. The van der Waals surface area contributed by atoms with E-state index in [4.69, 9.17) is 5.73 Å². The van der Waals surface area contributed by atoms with Crippen LogP contribution in [0.5, 0.6) is 0 Å². The van der Waals surface area contributed by atoms with Gasteiger partial charge in [-0.05, 0) is 26.8 Å². The summed E-state index contributed by atoms with van der Waals surface area (Å²) in [6, 6.07) is 1.60. The summed E-state index contributed by atoms with van der Waals surface area (Å²) in [5, 5.41) is 2.81. The molecule has 0 aliphatic heterocycles. The molecule has 0 aliphatic carbocycles. The predicted molar refractivity (Wildman–Crippen MR) is 74.7 cm³/mol. The lowest BCUT2D eigenvalue weighted by atomic mass is 10.1. The first kappa shape index (κ1) is 15.1. The molecule has 19 heavy (non-hydrogen) atoms. The number of carbonyl (C=O) groups excluding carboxylic acids is 2. The molecule has 1 rings (SSSR count). The first-order chi connectivity index (χ1) is 8.60. The topological polar surface area (TPSA) is 80.4 Å². The molecule has 0 unspecified atom stereocenters. The Kier molecular flexibility index (Phi) is 4.24. The molecule has 1 aromatic heterocycles. The summed E-state index contributed by atoms with van der Waals surface area (Å²) < 4.78 is 1.65. The third-order valence-corrected chi connectivity index (χ3v) is 2.49. The molecule has 3 N–H and O–H groups in total. The van der Waals surface area contributed by atoms with Gasteiger partial charge in [-0.25, -0.2) is 0 Å². The largest absolute Gasteiger partial charge is 0.397 e. The van der Waals surface area contributed by atoms with Gasteiger partial charge in [0.15, 0.2) is 0 Å². The maximum absolute atomic E-state index is 12.1. The second-order valence-corrected chi connectivity index (χ2v) is 5.73. The second-order valence-electron chi connectivity index (χ2n) is 5.73. The van der Waals surface area contributed by atoms with Crippen LogP contribution in [0.3, 0.4) is 0 Å². The van der Waals surface area contributed by atoms with Crippen molar-refractivity contribution in [2.24, 2.45) is 7.05 Å². The first-order valence-electron chi connectivity index (χ1n) is 6.08. The fourth-order valence-corrected chi connectivity index (χ4v) is 1.74. The van der Waals surface area contributed by atoms with E-state index in [-0.39, 0.29) is 23.9 Å². The van der Waals surface area contributed by atoms with Crippen LogP contribution in [-0.4, -0.2) is 40.4 Å². The summed E-state index contributed by atoms with van der Waals surface area (Å²) in [6.45, 7) is 5.70. The fraction of sp³-hybridized carbons (Fsp3) is 0.538. The van der Waals surface area contributed by atoms with Gasteiger partial charge in [0, 0.05) is 25.8 Å². The van der Waals surface area contributed by atoms with E-state index in [0.29, 0.717) is 11.4 Å². The Hall–Kier alpha value is -1.98. The van der Waals surface area contributed by atoms with E-state index < -0.39 is 0 Å². The predicted octanol–water partition coefficient (Wildman–Crippen LogP) is 0.594. The number of nitrogen functional groups attached to an aromatic ring is 1.